The fourth-order valence-corrected chi connectivity index (χ4v) is 7.79. The summed E-state index contributed by atoms with van der Waals surface area (Å²) in [6, 6.07) is 11.1. The van der Waals surface area contributed by atoms with Crippen molar-refractivity contribution < 1.29 is 41.0 Å². The van der Waals surface area contributed by atoms with Crippen molar-refractivity contribution in [2.24, 2.45) is 5.41 Å². The van der Waals surface area contributed by atoms with E-state index >= 15 is 0 Å². The molecule has 2 aliphatic heterocycles. The number of hydrogen-bond acceptors (Lipinski definition) is 8. The number of aryl methyl sites for hydroxylation is 1. The maximum atomic E-state index is 14.1. The van der Waals surface area contributed by atoms with E-state index in [1.54, 1.807) is 18.2 Å². The molecule has 11 nitrogen and oxygen atoms in total. The number of pyridine rings is 2. The van der Waals surface area contributed by atoms with Gasteiger partial charge in [-0.1, -0.05) is 18.2 Å². The van der Waals surface area contributed by atoms with E-state index in [9.17, 15) is 31.5 Å². The second-order valence-corrected chi connectivity index (χ2v) is 14.2. The van der Waals surface area contributed by atoms with Gasteiger partial charge in [-0.15, -0.1) is 10.2 Å². The number of fused-ring (bicyclic) bond motifs is 2. The van der Waals surface area contributed by atoms with Crippen molar-refractivity contribution in [2.45, 2.75) is 62.7 Å². The van der Waals surface area contributed by atoms with E-state index in [0.717, 1.165) is 9.96 Å². The molecule has 1 saturated heterocycles. The number of carboxylic acid groups (broad SMARTS) is 1. The van der Waals surface area contributed by atoms with Gasteiger partial charge >= 0.3 is 12.1 Å². The number of carboxylic acids is 1. The Bertz CT molecular complexity index is 1920. The highest BCUT2D eigenvalue weighted by atomic mass is 32.2. The number of ether oxygens (including phenoxy) is 2. The van der Waals surface area contributed by atoms with E-state index in [2.05, 4.69) is 15.2 Å². The van der Waals surface area contributed by atoms with E-state index in [-0.39, 0.29) is 29.5 Å². The van der Waals surface area contributed by atoms with Crippen LogP contribution in [0.4, 0.5) is 13.2 Å². The standard InChI is InChI=1S/C31H32F3N5O6S/c1-19-6-7-20(25(29(2,3)28(40)41)21-8-12-39-24(16-21)36-37-27(39)31(32,33)34)15-22(19)17-38-18-30(9-13-44-14-10-30)45-26-23(46(38,42)43)5-4-11-35-26/h4-8,11-12,15-16,25H,9-10,13-14,17-18H2,1-3H3,(H,40,41)/t25-/m1/s1. The number of sulfonamides is 1. The van der Waals surface area contributed by atoms with Crippen LogP contribution in [0.3, 0.4) is 0 Å². The number of hydrogen-bond donors (Lipinski definition) is 1. The normalized spacial score (nSPS) is 18.9. The van der Waals surface area contributed by atoms with Crippen LogP contribution in [-0.4, -0.2) is 68.7 Å². The molecule has 4 aromatic rings. The quantitative estimate of drug-likeness (QED) is 0.309. The van der Waals surface area contributed by atoms with Crippen molar-refractivity contribution in [3.63, 3.8) is 0 Å². The Labute approximate surface area is 263 Å². The number of aromatic nitrogens is 4. The highest BCUT2D eigenvalue weighted by Crippen LogP contribution is 2.43. The lowest BCUT2D eigenvalue weighted by Gasteiger charge is -2.38. The number of alkyl halides is 3. The molecule has 1 spiro atoms. The van der Waals surface area contributed by atoms with Gasteiger partial charge in [-0.2, -0.15) is 17.5 Å². The third-order valence-electron chi connectivity index (χ3n) is 8.88. The van der Waals surface area contributed by atoms with Crippen LogP contribution in [0.5, 0.6) is 5.88 Å². The van der Waals surface area contributed by atoms with Gasteiger partial charge in [0, 0.05) is 37.7 Å². The zero-order valence-electron chi connectivity index (χ0n) is 25.3. The number of benzene rings is 1. The summed E-state index contributed by atoms with van der Waals surface area (Å²) in [6.07, 6.45) is -1.15. The van der Waals surface area contributed by atoms with E-state index < -0.39 is 44.9 Å². The monoisotopic (exact) mass is 659 g/mol. The summed E-state index contributed by atoms with van der Waals surface area (Å²) in [5, 5.41) is 17.3. The molecule has 15 heteroatoms. The summed E-state index contributed by atoms with van der Waals surface area (Å²) in [5.74, 6) is -3.13. The average Bonchev–Trinajstić information content (AvgIpc) is 3.40. The van der Waals surface area contributed by atoms with Crippen molar-refractivity contribution in [1.29, 1.82) is 0 Å². The van der Waals surface area contributed by atoms with Crippen LogP contribution < -0.4 is 4.74 Å². The van der Waals surface area contributed by atoms with Crippen LogP contribution in [0, 0.1) is 12.3 Å². The minimum absolute atomic E-state index is 0.0400. The van der Waals surface area contributed by atoms with Crippen LogP contribution in [0.25, 0.3) is 5.65 Å². The van der Waals surface area contributed by atoms with Crippen molar-refractivity contribution in [2.75, 3.05) is 19.8 Å². The van der Waals surface area contributed by atoms with Gasteiger partial charge in [0.2, 0.25) is 21.7 Å². The minimum Gasteiger partial charge on any atom is -0.481 e. The Morgan fingerprint density at radius 1 is 1.09 bits per heavy atom. The molecule has 6 rings (SSSR count). The zero-order valence-corrected chi connectivity index (χ0v) is 26.1. The van der Waals surface area contributed by atoms with Gasteiger partial charge in [-0.3, -0.25) is 9.20 Å². The first kappa shape index (κ1) is 31.9. The highest BCUT2D eigenvalue weighted by Gasteiger charge is 2.46. The smallest absolute Gasteiger partial charge is 0.452 e. The predicted octanol–water partition coefficient (Wildman–Crippen LogP) is 4.83. The number of halogens is 3. The second kappa shape index (κ2) is 11.3. The molecule has 0 bridgehead atoms. The van der Waals surface area contributed by atoms with Crippen LogP contribution in [0.1, 0.15) is 60.7 Å². The number of nitrogens with zero attached hydrogens (tertiary/aromatic N) is 5. The van der Waals surface area contributed by atoms with Gasteiger partial charge in [-0.25, -0.2) is 13.4 Å². The number of rotatable bonds is 6. The molecule has 2 aliphatic rings. The maximum Gasteiger partial charge on any atom is 0.452 e. The zero-order chi connectivity index (χ0) is 33.1. The highest BCUT2D eigenvalue weighted by molar-refractivity contribution is 7.89. The van der Waals surface area contributed by atoms with Crippen molar-refractivity contribution in [1.82, 2.24) is 23.9 Å². The fraction of sp³-hybridized carbons (Fsp3) is 0.419. The lowest BCUT2D eigenvalue weighted by atomic mass is 9.71. The molecule has 0 aliphatic carbocycles. The van der Waals surface area contributed by atoms with Gasteiger partial charge in [0.25, 0.3) is 0 Å². The lowest BCUT2D eigenvalue weighted by Crippen LogP contribution is -2.50. The van der Waals surface area contributed by atoms with Crippen LogP contribution >= 0.6 is 0 Å². The molecular formula is C31H32F3N5O6S. The average molecular weight is 660 g/mol. The Morgan fingerprint density at radius 3 is 2.50 bits per heavy atom. The van der Waals surface area contributed by atoms with Gasteiger partial charge in [0.05, 0.1) is 25.2 Å². The first-order valence-electron chi connectivity index (χ1n) is 14.6. The summed E-state index contributed by atoms with van der Waals surface area (Å²) < 4.78 is 82.5. The minimum atomic E-state index is -4.73. The van der Waals surface area contributed by atoms with Crippen LogP contribution in [-0.2, 0) is 32.3 Å². The van der Waals surface area contributed by atoms with Crippen LogP contribution in [0.2, 0.25) is 0 Å². The molecule has 244 valence electrons. The van der Waals surface area contributed by atoms with Gasteiger partial charge in [-0.05, 0) is 67.3 Å². The lowest BCUT2D eigenvalue weighted by molar-refractivity contribution is -0.147. The Hall–Kier alpha value is -4.08. The third kappa shape index (κ3) is 5.60. The second-order valence-electron chi connectivity index (χ2n) is 12.3. The number of aliphatic carboxylic acids is 1. The van der Waals surface area contributed by atoms with Gasteiger partial charge in [0.15, 0.2) is 5.65 Å². The van der Waals surface area contributed by atoms with Crippen molar-refractivity contribution in [3.05, 3.63) is 82.9 Å². The molecule has 0 saturated carbocycles. The van der Waals surface area contributed by atoms with E-state index in [0.29, 0.717) is 42.7 Å². The molecule has 0 amide bonds. The molecule has 46 heavy (non-hydrogen) atoms. The molecule has 1 atom stereocenters. The Morgan fingerprint density at radius 2 is 1.80 bits per heavy atom. The third-order valence-corrected chi connectivity index (χ3v) is 10.7. The summed E-state index contributed by atoms with van der Waals surface area (Å²) in [6.45, 7) is 5.70. The summed E-state index contributed by atoms with van der Waals surface area (Å²) in [4.78, 5) is 16.8. The molecule has 5 heterocycles. The molecule has 1 aromatic carbocycles. The SMILES string of the molecule is Cc1ccc([C@H](c2ccn3c(C(F)(F)F)nnc3c2)C(C)(C)C(=O)O)cc1CN1CC2(CCOCC2)Oc2ncccc2S1(=O)=O. The Kier molecular flexibility index (Phi) is 7.84. The first-order valence-corrected chi connectivity index (χ1v) is 16.0. The molecule has 0 unspecified atom stereocenters. The van der Waals surface area contributed by atoms with Crippen molar-refractivity contribution in [3.8, 4) is 5.88 Å². The van der Waals surface area contributed by atoms with E-state index in [1.807, 2.05) is 6.92 Å². The molecule has 0 radical (unpaired) electrons. The van der Waals surface area contributed by atoms with E-state index in [4.69, 9.17) is 9.47 Å². The first-order chi connectivity index (χ1) is 21.6. The molecule has 1 fully saturated rings. The molecular weight excluding hydrogens is 627 g/mol. The largest absolute Gasteiger partial charge is 0.481 e. The fourth-order valence-electron chi connectivity index (χ4n) is 6.24. The summed E-state index contributed by atoms with van der Waals surface area (Å²) >= 11 is 0. The maximum absolute atomic E-state index is 14.1. The predicted molar refractivity (Wildman–Crippen MR) is 158 cm³/mol. The molecule has 1 N–H and O–H groups in total. The number of carbonyl (C=O) groups is 1. The Balaban J connectivity index is 1.43. The summed E-state index contributed by atoms with van der Waals surface area (Å²) in [7, 11) is -4.07. The van der Waals surface area contributed by atoms with Gasteiger partial charge in [0.1, 0.15) is 10.5 Å². The summed E-state index contributed by atoms with van der Waals surface area (Å²) in [5.41, 5.74) is -0.0273. The van der Waals surface area contributed by atoms with E-state index in [1.165, 1.54) is 54.8 Å². The topological polar surface area (TPSA) is 136 Å². The van der Waals surface area contributed by atoms with Crippen molar-refractivity contribution >= 4 is 21.6 Å². The molecule has 3 aromatic heterocycles. The van der Waals surface area contributed by atoms with Crippen LogP contribution in [0.15, 0.2) is 59.8 Å². The van der Waals surface area contributed by atoms with Gasteiger partial charge < -0.3 is 14.6 Å².